The van der Waals surface area contributed by atoms with Crippen LogP contribution in [0.2, 0.25) is 0 Å². The molecule has 20 heavy (non-hydrogen) atoms. The number of nitrogens with one attached hydrogen (secondary N) is 1. The van der Waals surface area contributed by atoms with Gasteiger partial charge in [-0.3, -0.25) is 10.1 Å². The lowest BCUT2D eigenvalue weighted by atomic mass is 10.1. The molecule has 1 rings (SSSR count). The van der Waals surface area contributed by atoms with Crippen LogP contribution in [0.5, 0.6) is 5.75 Å². The second kappa shape index (κ2) is 8.50. The predicted octanol–water partition coefficient (Wildman–Crippen LogP) is 2.51. The number of ether oxygens (including phenoxy) is 2. The molecule has 0 aromatic heterocycles. The highest BCUT2D eigenvalue weighted by molar-refractivity contribution is 5.43. The van der Waals surface area contributed by atoms with Gasteiger partial charge in [0.15, 0.2) is 0 Å². The summed E-state index contributed by atoms with van der Waals surface area (Å²) in [4.78, 5) is 10.4. The van der Waals surface area contributed by atoms with E-state index >= 15 is 0 Å². The summed E-state index contributed by atoms with van der Waals surface area (Å²) in [6, 6.07) is 4.98. The van der Waals surface area contributed by atoms with Crippen LogP contribution in [0.1, 0.15) is 25.8 Å². The molecule has 1 aromatic rings. The summed E-state index contributed by atoms with van der Waals surface area (Å²) in [5.41, 5.74) is 0.875. The quantitative estimate of drug-likeness (QED) is 0.428. The zero-order valence-corrected chi connectivity index (χ0v) is 12.2. The van der Waals surface area contributed by atoms with Crippen LogP contribution in [-0.4, -0.2) is 31.3 Å². The SMILES string of the molecule is COCCCOc1ccc([N+](=O)[O-])cc1CNC(C)C. The highest BCUT2D eigenvalue weighted by atomic mass is 16.6. The third kappa shape index (κ3) is 5.54. The third-order valence-corrected chi connectivity index (χ3v) is 2.71. The van der Waals surface area contributed by atoms with E-state index in [9.17, 15) is 10.1 Å². The maximum absolute atomic E-state index is 10.8. The van der Waals surface area contributed by atoms with Gasteiger partial charge in [-0.05, 0) is 6.07 Å². The average molecular weight is 282 g/mol. The Hall–Kier alpha value is -1.66. The normalized spacial score (nSPS) is 10.8. The Morgan fingerprint density at radius 3 is 2.70 bits per heavy atom. The Kier molecular flexibility index (Phi) is 6.97. The molecule has 0 atom stereocenters. The van der Waals surface area contributed by atoms with Gasteiger partial charge >= 0.3 is 0 Å². The first kappa shape index (κ1) is 16.4. The fourth-order valence-electron chi connectivity index (χ4n) is 1.66. The Morgan fingerprint density at radius 2 is 2.10 bits per heavy atom. The molecule has 0 saturated heterocycles. The van der Waals surface area contributed by atoms with Crippen molar-refractivity contribution in [2.45, 2.75) is 32.9 Å². The van der Waals surface area contributed by atoms with Crippen LogP contribution in [0.4, 0.5) is 5.69 Å². The van der Waals surface area contributed by atoms with Crippen LogP contribution in [0.15, 0.2) is 18.2 Å². The molecule has 0 aliphatic rings. The number of hydrogen-bond acceptors (Lipinski definition) is 5. The molecular formula is C14H22N2O4. The summed E-state index contributed by atoms with van der Waals surface area (Å²) in [6.45, 7) is 5.75. The zero-order chi connectivity index (χ0) is 15.0. The molecule has 0 unspecified atom stereocenters. The van der Waals surface area contributed by atoms with Crippen LogP contribution in [-0.2, 0) is 11.3 Å². The molecule has 6 heteroatoms. The van der Waals surface area contributed by atoms with Crippen molar-refractivity contribution in [3.8, 4) is 5.75 Å². The number of methoxy groups -OCH3 is 1. The van der Waals surface area contributed by atoms with Crippen LogP contribution < -0.4 is 10.1 Å². The summed E-state index contributed by atoms with van der Waals surface area (Å²) in [7, 11) is 1.64. The van der Waals surface area contributed by atoms with E-state index in [0.29, 0.717) is 31.5 Å². The fraction of sp³-hybridized carbons (Fsp3) is 0.571. The molecule has 0 fully saturated rings. The van der Waals surface area contributed by atoms with Crippen molar-refractivity contribution in [1.82, 2.24) is 5.32 Å². The smallest absolute Gasteiger partial charge is 0.270 e. The second-order valence-electron chi connectivity index (χ2n) is 4.78. The third-order valence-electron chi connectivity index (χ3n) is 2.71. The lowest BCUT2D eigenvalue weighted by molar-refractivity contribution is -0.384. The van der Waals surface area contributed by atoms with Gasteiger partial charge in [0.05, 0.1) is 11.5 Å². The van der Waals surface area contributed by atoms with E-state index in [1.807, 2.05) is 13.8 Å². The van der Waals surface area contributed by atoms with Crippen LogP contribution in [0.25, 0.3) is 0 Å². The topological polar surface area (TPSA) is 73.6 Å². The van der Waals surface area contributed by atoms with E-state index < -0.39 is 4.92 Å². The van der Waals surface area contributed by atoms with Gasteiger partial charge in [0.2, 0.25) is 0 Å². The predicted molar refractivity (Wildman–Crippen MR) is 77.1 cm³/mol. The Balaban J connectivity index is 2.76. The highest BCUT2D eigenvalue weighted by Crippen LogP contribution is 2.24. The molecule has 0 spiro atoms. The maximum Gasteiger partial charge on any atom is 0.270 e. The first-order valence-corrected chi connectivity index (χ1v) is 6.67. The first-order chi connectivity index (χ1) is 9.54. The number of nitro benzene ring substituents is 1. The molecule has 0 amide bonds. The van der Waals surface area contributed by atoms with Crippen molar-refractivity contribution >= 4 is 5.69 Å². The van der Waals surface area contributed by atoms with Crippen molar-refractivity contribution < 1.29 is 14.4 Å². The molecule has 1 aromatic carbocycles. The molecular weight excluding hydrogens is 260 g/mol. The molecule has 112 valence electrons. The van der Waals surface area contributed by atoms with Crippen molar-refractivity contribution in [2.24, 2.45) is 0 Å². The molecule has 0 saturated carbocycles. The fourth-order valence-corrected chi connectivity index (χ4v) is 1.66. The van der Waals surface area contributed by atoms with E-state index in [2.05, 4.69) is 5.32 Å². The average Bonchev–Trinajstić information content (AvgIpc) is 2.41. The van der Waals surface area contributed by atoms with Gasteiger partial charge in [-0.1, -0.05) is 13.8 Å². The van der Waals surface area contributed by atoms with Crippen molar-refractivity contribution in [3.05, 3.63) is 33.9 Å². The van der Waals surface area contributed by atoms with Crippen LogP contribution >= 0.6 is 0 Å². The van der Waals surface area contributed by atoms with Gasteiger partial charge in [-0.2, -0.15) is 0 Å². The van der Waals surface area contributed by atoms with Gasteiger partial charge in [0.25, 0.3) is 5.69 Å². The first-order valence-electron chi connectivity index (χ1n) is 6.67. The Bertz CT molecular complexity index is 435. The summed E-state index contributed by atoms with van der Waals surface area (Å²) in [5.74, 6) is 0.680. The number of rotatable bonds is 9. The number of benzene rings is 1. The van der Waals surface area contributed by atoms with Crippen LogP contribution in [0.3, 0.4) is 0 Å². The Labute approximate surface area is 119 Å². The minimum absolute atomic E-state index is 0.0785. The summed E-state index contributed by atoms with van der Waals surface area (Å²) in [6.07, 6.45) is 0.782. The van der Waals surface area contributed by atoms with Gasteiger partial charge in [0, 0.05) is 50.4 Å². The number of non-ortho nitro benzene ring substituents is 1. The van der Waals surface area contributed by atoms with Gasteiger partial charge in [-0.25, -0.2) is 0 Å². The molecule has 6 nitrogen and oxygen atoms in total. The van der Waals surface area contributed by atoms with Gasteiger partial charge in [0.1, 0.15) is 5.75 Å². The lowest BCUT2D eigenvalue weighted by Crippen LogP contribution is -2.22. The van der Waals surface area contributed by atoms with E-state index in [1.54, 1.807) is 19.2 Å². The second-order valence-corrected chi connectivity index (χ2v) is 4.78. The molecule has 0 radical (unpaired) electrons. The zero-order valence-electron chi connectivity index (χ0n) is 12.2. The minimum Gasteiger partial charge on any atom is -0.493 e. The Morgan fingerprint density at radius 1 is 1.35 bits per heavy atom. The van der Waals surface area contributed by atoms with Gasteiger partial charge in [-0.15, -0.1) is 0 Å². The summed E-state index contributed by atoms with van der Waals surface area (Å²) >= 11 is 0. The summed E-state index contributed by atoms with van der Waals surface area (Å²) in [5, 5.41) is 14.1. The van der Waals surface area contributed by atoms with Gasteiger partial charge < -0.3 is 14.8 Å². The van der Waals surface area contributed by atoms with E-state index in [-0.39, 0.29) is 5.69 Å². The monoisotopic (exact) mass is 282 g/mol. The van der Waals surface area contributed by atoms with E-state index in [4.69, 9.17) is 9.47 Å². The van der Waals surface area contributed by atoms with Crippen molar-refractivity contribution in [3.63, 3.8) is 0 Å². The number of hydrogen-bond donors (Lipinski definition) is 1. The number of nitro groups is 1. The van der Waals surface area contributed by atoms with Crippen molar-refractivity contribution in [1.29, 1.82) is 0 Å². The largest absolute Gasteiger partial charge is 0.493 e. The van der Waals surface area contributed by atoms with Crippen LogP contribution in [0, 0.1) is 10.1 Å². The van der Waals surface area contributed by atoms with E-state index in [1.165, 1.54) is 6.07 Å². The highest BCUT2D eigenvalue weighted by Gasteiger charge is 2.12. The molecule has 0 heterocycles. The number of nitrogens with zero attached hydrogens (tertiary/aromatic N) is 1. The molecule has 0 bridgehead atoms. The molecule has 0 aliphatic carbocycles. The molecule has 0 aliphatic heterocycles. The molecule has 1 N–H and O–H groups in total. The standard InChI is InChI=1S/C14H22N2O4/c1-11(2)15-10-12-9-13(16(17)18)5-6-14(12)20-8-4-7-19-3/h5-6,9,11,15H,4,7-8,10H2,1-3H3. The van der Waals surface area contributed by atoms with E-state index in [0.717, 1.165) is 12.0 Å². The van der Waals surface area contributed by atoms with Crippen molar-refractivity contribution in [2.75, 3.05) is 20.3 Å². The lowest BCUT2D eigenvalue weighted by Gasteiger charge is -2.13. The maximum atomic E-state index is 10.8. The summed E-state index contributed by atoms with van der Waals surface area (Å²) < 4.78 is 10.6. The minimum atomic E-state index is -0.395.